The second kappa shape index (κ2) is 10.3. The van der Waals surface area contributed by atoms with E-state index in [1.807, 2.05) is 12.1 Å². The Morgan fingerprint density at radius 1 is 0.939 bits per heavy atom. The number of rotatable bonds is 8. The molecule has 0 bridgehead atoms. The highest BCUT2D eigenvalue weighted by Crippen LogP contribution is 2.37. The summed E-state index contributed by atoms with van der Waals surface area (Å²) in [5.41, 5.74) is 0.880. The fourth-order valence-electron chi connectivity index (χ4n) is 4.40. The van der Waals surface area contributed by atoms with Crippen LogP contribution in [0, 0.1) is 0 Å². The highest BCUT2D eigenvalue weighted by Gasteiger charge is 2.19. The van der Waals surface area contributed by atoms with Gasteiger partial charge >= 0.3 is 0 Å². The number of likely N-dealkylation sites (N-methyl/N-ethyl adjacent to an activating group) is 1. The summed E-state index contributed by atoms with van der Waals surface area (Å²) in [6.07, 6.45) is 5.98. The van der Waals surface area contributed by atoms with E-state index < -0.39 is 22.7 Å². The number of aromatic hydroxyl groups is 3. The van der Waals surface area contributed by atoms with E-state index >= 15 is 0 Å². The Kier molecular flexibility index (Phi) is 7.20. The van der Waals surface area contributed by atoms with Crippen LogP contribution in [-0.4, -0.2) is 64.9 Å². The van der Waals surface area contributed by atoms with E-state index in [-0.39, 0.29) is 16.7 Å². The molecular formula is C26H32N2O5. The van der Waals surface area contributed by atoms with Crippen LogP contribution in [0.1, 0.15) is 31.2 Å². The lowest BCUT2D eigenvalue weighted by molar-refractivity contribution is 0.196. The molecule has 1 fully saturated rings. The summed E-state index contributed by atoms with van der Waals surface area (Å²) in [7, 11) is 2.17. The number of nitrogens with zero attached hydrogens (tertiary/aromatic N) is 2. The van der Waals surface area contributed by atoms with Crippen molar-refractivity contribution in [1.29, 1.82) is 0 Å². The van der Waals surface area contributed by atoms with E-state index in [0.717, 1.165) is 38.0 Å². The Labute approximate surface area is 193 Å². The topological polar surface area (TPSA) is 97.4 Å². The molecular weight excluding hydrogens is 420 g/mol. The molecule has 1 saturated heterocycles. The summed E-state index contributed by atoms with van der Waals surface area (Å²) >= 11 is 0. The summed E-state index contributed by atoms with van der Waals surface area (Å²) in [5.74, 6) is -1.46. The van der Waals surface area contributed by atoms with Gasteiger partial charge in [0.15, 0.2) is 17.1 Å². The monoisotopic (exact) mass is 452 g/mol. The number of likely N-dealkylation sites (tertiary alicyclic amines) is 1. The van der Waals surface area contributed by atoms with Crippen LogP contribution in [0.4, 0.5) is 0 Å². The molecule has 2 aromatic carbocycles. The highest BCUT2D eigenvalue weighted by atomic mass is 16.4. The molecule has 1 aliphatic heterocycles. The Hall–Kier alpha value is -3.03. The highest BCUT2D eigenvalue weighted by molar-refractivity contribution is 5.88. The lowest BCUT2D eigenvalue weighted by Gasteiger charge is -2.28. The summed E-state index contributed by atoms with van der Waals surface area (Å²) in [6.45, 7) is 5.71. The molecule has 0 saturated carbocycles. The summed E-state index contributed by atoms with van der Waals surface area (Å²) in [6, 6.07) is 9.99. The van der Waals surface area contributed by atoms with E-state index in [2.05, 4.69) is 16.8 Å². The first-order chi connectivity index (χ1) is 15.9. The van der Waals surface area contributed by atoms with E-state index in [9.17, 15) is 20.1 Å². The number of phenolic OH excluding ortho intramolecular Hbond substituents is 2. The van der Waals surface area contributed by atoms with Crippen molar-refractivity contribution in [3.05, 3.63) is 52.2 Å². The average molecular weight is 453 g/mol. The molecule has 7 heteroatoms. The molecule has 2 heterocycles. The van der Waals surface area contributed by atoms with Gasteiger partial charge in [-0.25, -0.2) is 0 Å². The van der Waals surface area contributed by atoms with Crippen LogP contribution in [-0.2, 0) is 6.42 Å². The predicted molar refractivity (Wildman–Crippen MR) is 129 cm³/mol. The predicted octanol–water partition coefficient (Wildman–Crippen LogP) is 3.93. The zero-order chi connectivity index (χ0) is 23.4. The van der Waals surface area contributed by atoms with Gasteiger partial charge in [-0.2, -0.15) is 0 Å². The third-order valence-electron chi connectivity index (χ3n) is 6.46. The maximum atomic E-state index is 12.5. The molecule has 33 heavy (non-hydrogen) atoms. The lowest BCUT2D eigenvalue weighted by atomic mass is 10.0. The van der Waals surface area contributed by atoms with Crippen molar-refractivity contribution >= 4 is 11.0 Å². The average Bonchev–Trinajstić information content (AvgIpc) is 2.83. The first-order valence-electron chi connectivity index (χ1n) is 11.6. The number of aryl methyl sites for hydroxylation is 1. The number of fused-ring (bicyclic) bond motifs is 1. The third-order valence-corrected chi connectivity index (χ3v) is 6.46. The summed E-state index contributed by atoms with van der Waals surface area (Å²) in [4.78, 5) is 17.4. The van der Waals surface area contributed by atoms with Crippen LogP contribution in [0.5, 0.6) is 17.2 Å². The minimum atomic E-state index is -0.654. The first-order valence-corrected chi connectivity index (χ1v) is 11.6. The van der Waals surface area contributed by atoms with Crippen molar-refractivity contribution in [2.45, 2.75) is 32.1 Å². The van der Waals surface area contributed by atoms with Crippen LogP contribution in [0.3, 0.4) is 0 Å². The Balaban J connectivity index is 1.37. The van der Waals surface area contributed by atoms with Gasteiger partial charge in [-0.1, -0.05) is 30.7 Å². The lowest BCUT2D eigenvalue weighted by Crippen LogP contribution is -2.36. The van der Waals surface area contributed by atoms with E-state index in [4.69, 9.17) is 4.42 Å². The standard InChI is InChI=1S/C26H32N2O5/c1-27(16-17-28-14-3-2-4-15-28)13-5-6-18-7-9-19(10-8-18)25-24(32)22(30)20-11-12-21(29)23(31)26(20)33-25/h7-12,29,31-32H,2-6,13-17H2,1H3. The quantitative estimate of drug-likeness (QED) is 0.446. The second-order valence-corrected chi connectivity index (χ2v) is 8.92. The van der Waals surface area contributed by atoms with Crippen LogP contribution >= 0.6 is 0 Å². The van der Waals surface area contributed by atoms with Crippen molar-refractivity contribution in [2.75, 3.05) is 39.8 Å². The molecule has 4 rings (SSSR count). The van der Waals surface area contributed by atoms with Crippen molar-refractivity contribution in [2.24, 2.45) is 0 Å². The second-order valence-electron chi connectivity index (χ2n) is 8.92. The zero-order valence-corrected chi connectivity index (χ0v) is 19.1. The van der Waals surface area contributed by atoms with Crippen LogP contribution in [0.25, 0.3) is 22.3 Å². The molecule has 1 aliphatic rings. The molecule has 0 aliphatic carbocycles. The molecule has 7 nitrogen and oxygen atoms in total. The third kappa shape index (κ3) is 5.31. The number of piperidine rings is 1. The Morgan fingerprint density at radius 2 is 1.67 bits per heavy atom. The van der Waals surface area contributed by atoms with Crippen molar-refractivity contribution in [3.63, 3.8) is 0 Å². The Morgan fingerprint density at radius 3 is 2.39 bits per heavy atom. The van der Waals surface area contributed by atoms with Crippen molar-refractivity contribution in [1.82, 2.24) is 9.80 Å². The number of hydrogen-bond acceptors (Lipinski definition) is 7. The molecule has 0 atom stereocenters. The van der Waals surface area contributed by atoms with Gasteiger partial charge < -0.3 is 29.5 Å². The fraction of sp³-hybridized carbons (Fsp3) is 0.423. The largest absolute Gasteiger partial charge is 0.504 e. The minimum absolute atomic E-state index is 0.00702. The van der Waals surface area contributed by atoms with Gasteiger partial charge in [-0.05, 0) is 70.1 Å². The Bertz CT molecular complexity index is 1150. The van der Waals surface area contributed by atoms with Gasteiger partial charge in [0.25, 0.3) is 0 Å². The van der Waals surface area contributed by atoms with E-state index in [1.165, 1.54) is 44.5 Å². The molecule has 0 radical (unpaired) electrons. The fourth-order valence-corrected chi connectivity index (χ4v) is 4.40. The van der Waals surface area contributed by atoms with Gasteiger partial charge in [-0.3, -0.25) is 4.79 Å². The maximum absolute atomic E-state index is 12.5. The number of hydrogen-bond donors (Lipinski definition) is 3. The van der Waals surface area contributed by atoms with Crippen molar-refractivity contribution in [3.8, 4) is 28.6 Å². The molecule has 3 N–H and O–H groups in total. The molecule has 176 valence electrons. The number of phenols is 2. The van der Waals surface area contributed by atoms with Crippen LogP contribution in [0.15, 0.2) is 45.6 Å². The molecule has 0 amide bonds. The molecule has 0 unspecified atom stereocenters. The number of benzene rings is 2. The molecule has 0 spiro atoms. The smallest absolute Gasteiger partial charge is 0.235 e. The summed E-state index contributed by atoms with van der Waals surface area (Å²) < 4.78 is 5.63. The molecule has 1 aromatic heterocycles. The van der Waals surface area contributed by atoms with Gasteiger partial charge in [0.2, 0.25) is 16.9 Å². The molecule has 3 aromatic rings. The van der Waals surface area contributed by atoms with E-state index in [1.54, 1.807) is 12.1 Å². The van der Waals surface area contributed by atoms with Gasteiger partial charge in [0.05, 0.1) is 5.39 Å². The maximum Gasteiger partial charge on any atom is 0.235 e. The first kappa shape index (κ1) is 23.1. The SMILES string of the molecule is CN(CCCc1ccc(-c2oc3c(O)c(O)ccc3c(=O)c2O)cc1)CCN1CCCCC1. The zero-order valence-electron chi connectivity index (χ0n) is 19.1. The summed E-state index contributed by atoms with van der Waals surface area (Å²) in [5, 5.41) is 30.2. The van der Waals surface area contributed by atoms with Gasteiger partial charge in [0.1, 0.15) is 0 Å². The van der Waals surface area contributed by atoms with Crippen LogP contribution < -0.4 is 5.43 Å². The van der Waals surface area contributed by atoms with Gasteiger partial charge in [0, 0.05) is 18.7 Å². The van der Waals surface area contributed by atoms with Crippen molar-refractivity contribution < 1.29 is 19.7 Å². The minimum Gasteiger partial charge on any atom is -0.504 e. The van der Waals surface area contributed by atoms with E-state index in [0.29, 0.717) is 5.56 Å². The normalized spacial score (nSPS) is 14.8. The van der Waals surface area contributed by atoms with Gasteiger partial charge in [-0.15, -0.1) is 0 Å². The van der Waals surface area contributed by atoms with Crippen LogP contribution in [0.2, 0.25) is 0 Å².